The average molecular weight is 451 g/mol. The number of benzene rings is 2. The van der Waals surface area contributed by atoms with Crippen LogP contribution in [0.25, 0.3) is 6.08 Å². The third kappa shape index (κ3) is 2.97. The SMILES string of the molecule is COc1ccc(/C=c2\sc3n(c2=O)C2c4ccccc4OC(C)(N=3)C2C(C)=O)cc1OC. The highest BCUT2D eigenvalue weighted by Gasteiger charge is 2.53. The Morgan fingerprint density at radius 3 is 2.66 bits per heavy atom. The van der Waals surface area contributed by atoms with Gasteiger partial charge in [-0.2, -0.15) is 0 Å². The molecule has 0 saturated heterocycles. The molecule has 3 heterocycles. The number of para-hydroxylation sites is 1. The van der Waals surface area contributed by atoms with Crippen LogP contribution in [0.3, 0.4) is 0 Å². The second-order valence-electron chi connectivity index (χ2n) is 8.02. The topological polar surface area (TPSA) is 79.1 Å². The fourth-order valence-electron chi connectivity index (χ4n) is 4.65. The third-order valence-corrected chi connectivity index (χ3v) is 7.01. The third-order valence-electron chi connectivity index (χ3n) is 6.02. The van der Waals surface area contributed by atoms with E-state index in [4.69, 9.17) is 19.2 Å². The highest BCUT2D eigenvalue weighted by atomic mass is 32.1. The van der Waals surface area contributed by atoms with E-state index in [0.29, 0.717) is 26.6 Å². The van der Waals surface area contributed by atoms with Crippen molar-refractivity contribution in [2.75, 3.05) is 14.2 Å². The van der Waals surface area contributed by atoms with Gasteiger partial charge in [-0.25, -0.2) is 4.99 Å². The molecular formula is C24H22N2O5S. The van der Waals surface area contributed by atoms with E-state index in [9.17, 15) is 9.59 Å². The second kappa shape index (κ2) is 7.34. The van der Waals surface area contributed by atoms with Crippen LogP contribution in [0.2, 0.25) is 0 Å². The van der Waals surface area contributed by atoms with Crippen molar-refractivity contribution in [1.82, 2.24) is 4.57 Å². The molecular weight excluding hydrogens is 428 g/mol. The molecule has 32 heavy (non-hydrogen) atoms. The van der Waals surface area contributed by atoms with Gasteiger partial charge in [-0.3, -0.25) is 14.2 Å². The number of fused-ring (bicyclic) bond motifs is 6. The first-order valence-electron chi connectivity index (χ1n) is 10.2. The summed E-state index contributed by atoms with van der Waals surface area (Å²) in [7, 11) is 3.14. The fourth-order valence-corrected chi connectivity index (χ4v) is 5.75. The molecule has 2 bridgehead atoms. The van der Waals surface area contributed by atoms with Crippen LogP contribution in [-0.2, 0) is 4.79 Å². The summed E-state index contributed by atoms with van der Waals surface area (Å²) in [6.07, 6.45) is 1.80. The zero-order chi connectivity index (χ0) is 22.6. The number of Topliss-reactive ketones (excluding diaryl/α,β-unsaturated/α-hetero) is 1. The smallest absolute Gasteiger partial charge is 0.270 e. The lowest BCUT2D eigenvalue weighted by molar-refractivity contribution is -0.132. The van der Waals surface area contributed by atoms with Crippen molar-refractivity contribution in [2.45, 2.75) is 25.6 Å². The Morgan fingerprint density at radius 2 is 1.94 bits per heavy atom. The summed E-state index contributed by atoms with van der Waals surface area (Å²) >= 11 is 1.29. The van der Waals surface area contributed by atoms with Crippen molar-refractivity contribution in [2.24, 2.45) is 10.9 Å². The number of rotatable bonds is 4. The number of hydrogen-bond acceptors (Lipinski definition) is 7. The van der Waals surface area contributed by atoms with Gasteiger partial charge in [-0.15, -0.1) is 0 Å². The summed E-state index contributed by atoms with van der Waals surface area (Å²) in [6.45, 7) is 3.34. The molecule has 5 rings (SSSR count). The van der Waals surface area contributed by atoms with Gasteiger partial charge in [0.2, 0.25) is 5.72 Å². The Hall–Kier alpha value is -3.39. The first-order chi connectivity index (χ1) is 15.4. The molecule has 0 amide bonds. The van der Waals surface area contributed by atoms with E-state index in [-0.39, 0.29) is 11.3 Å². The molecule has 164 valence electrons. The number of ketones is 1. The first-order valence-corrected chi connectivity index (χ1v) is 11.0. The molecule has 0 saturated carbocycles. The van der Waals surface area contributed by atoms with E-state index in [1.54, 1.807) is 30.9 Å². The van der Waals surface area contributed by atoms with Crippen molar-refractivity contribution in [3.8, 4) is 17.2 Å². The Bertz CT molecular complexity index is 1420. The molecule has 3 unspecified atom stereocenters. The molecule has 0 spiro atoms. The van der Waals surface area contributed by atoms with E-state index in [1.165, 1.54) is 18.3 Å². The molecule has 0 N–H and O–H groups in total. The van der Waals surface area contributed by atoms with Gasteiger partial charge in [-0.1, -0.05) is 35.6 Å². The average Bonchev–Trinajstić information content (AvgIpc) is 3.06. The molecule has 2 aliphatic rings. The van der Waals surface area contributed by atoms with Crippen molar-refractivity contribution in [1.29, 1.82) is 0 Å². The van der Waals surface area contributed by atoms with E-state index in [1.807, 2.05) is 43.3 Å². The molecule has 3 atom stereocenters. The lowest BCUT2D eigenvalue weighted by atomic mass is 9.79. The van der Waals surface area contributed by atoms with E-state index >= 15 is 0 Å². The van der Waals surface area contributed by atoms with Crippen LogP contribution in [0.15, 0.2) is 52.3 Å². The highest BCUT2D eigenvalue weighted by Crippen LogP contribution is 2.47. The summed E-state index contributed by atoms with van der Waals surface area (Å²) < 4.78 is 19.0. The molecule has 2 aromatic carbocycles. The van der Waals surface area contributed by atoms with Gasteiger partial charge in [0, 0.05) is 5.56 Å². The maximum absolute atomic E-state index is 13.6. The van der Waals surface area contributed by atoms with Gasteiger partial charge < -0.3 is 14.2 Å². The highest BCUT2D eigenvalue weighted by molar-refractivity contribution is 7.07. The number of aromatic nitrogens is 1. The number of nitrogens with zero attached hydrogens (tertiary/aromatic N) is 2. The van der Waals surface area contributed by atoms with Gasteiger partial charge in [0.25, 0.3) is 5.56 Å². The van der Waals surface area contributed by atoms with Crippen molar-refractivity contribution in [3.05, 3.63) is 73.3 Å². The molecule has 3 aromatic rings. The molecule has 0 radical (unpaired) electrons. The molecule has 2 aliphatic heterocycles. The van der Waals surface area contributed by atoms with Crippen LogP contribution in [-0.4, -0.2) is 30.3 Å². The van der Waals surface area contributed by atoms with Crippen LogP contribution in [0.1, 0.15) is 31.0 Å². The minimum absolute atomic E-state index is 0.0649. The van der Waals surface area contributed by atoms with Gasteiger partial charge in [0.1, 0.15) is 17.5 Å². The number of carbonyl (C=O) groups is 1. The minimum Gasteiger partial charge on any atom is -0.493 e. The summed E-state index contributed by atoms with van der Waals surface area (Å²) in [5.74, 6) is 1.18. The normalized spacial score (nSPS) is 23.4. The summed E-state index contributed by atoms with van der Waals surface area (Å²) in [5, 5.41) is 0. The quantitative estimate of drug-likeness (QED) is 0.610. The van der Waals surface area contributed by atoms with Crippen LogP contribution < -0.4 is 29.1 Å². The van der Waals surface area contributed by atoms with Crippen molar-refractivity contribution >= 4 is 23.2 Å². The van der Waals surface area contributed by atoms with Gasteiger partial charge in [0.15, 0.2) is 16.3 Å². The molecule has 0 aliphatic carbocycles. The molecule has 0 fully saturated rings. The summed E-state index contributed by atoms with van der Waals surface area (Å²) in [5.41, 5.74) is 0.369. The Kier molecular flexibility index (Phi) is 4.70. The number of ether oxygens (including phenoxy) is 3. The number of thiazole rings is 1. The fraction of sp³-hybridized carbons (Fsp3) is 0.292. The number of carbonyl (C=O) groups excluding carboxylic acids is 1. The van der Waals surface area contributed by atoms with Crippen LogP contribution >= 0.6 is 11.3 Å². The maximum Gasteiger partial charge on any atom is 0.270 e. The Balaban J connectivity index is 1.75. The molecule has 1 aromatic heterocycles. The summed E-state index contributed by atoms with van der Waals surface area (Å²) in [6, 6.07) is 12.5. The number of methoxy groups -OCH3 is 2. The maximum atomic E-state index is 13.6. The Labute approximate surface area is 188 Å². The van der Waals surface area contributed by atoms with Crippen LogP contribution in [0.4, 0.5) is 0 Å². The zero-order valence-corrected chi connectivity index (χ0v) is 18.9. The molecule has 8 heteroatoms. The zero-order valence-electron chi connectivity index (χ0n) is 18.1. The van der Waals surface area contributed by atoms with Gasteiger partial charge >= 0.3 is 0 Å². The monoisotopic (exact) mass is 450 g/mol. The first kappa shape index (κ1) is 20.5. The van der Waals surface area contributed by atoms with Crippen molar-refractivity contribution < 1.29 is 19.0 Å². The lowest BCUT2D eigenvalue weighted by Crippen LogP contribution is -2.58. The van der Waals surface area contributed by atoms with E-state index < -0.39 is 17.7 Å². The number of hydrogen-bond donors (Lipinski definition) is 0. The largest absolute Gasteiger partial charge is 0.493 e. The minimum atomic E-state index is -1.07. The predicted molar refractivity (Wildman–Crippen MR) is 120 cm³/mol. The van der Waals surface area contributed by atoms with Gasteiger partial charge in [-0.05, 0) is 43.7 Å². The summed E-state index contributed by atoms with van der Waals surface area (Å²) in [4.78, 5) is 31.5. The standard InChI is InChI=1S/C24H22N2O5S/c1-13(27)20-21-15-7-5-6-8-16(15)31-24(20,2)25-23-26(21)22(28)19(32-23)12-14-9-10-17(29-3)18(11-14)30-4/h5-12,20-21H,1-4H3/b19-12-. The van der Waals surface area contributed by atoms with Crippen molar-refractivity contribution in [3.63, 3.8) is 0 Å². The predicted octanol–water partition coefficient (Wildman–Crippen LogP) is 2.29. The van der Waals surface area contributed by atoms with Crippen LogP contribution in [0, 0.1) is 5.92 Å². The lowest BCUT2D eigenvalue weighted by Gasteiger charge is -2.45. The molecule has 7 nitrogen and oxygen atoms in total. The van der Waals surface area contributed by atoms with E-state index in [2.05, 4.69) is 0 Å². The Morgan fingerprint density at radius 1 is 1.19 bits per heavy atom. The van der Waals surface area contributed by atoms with E-state index in [0.717, 1.165) is 11.1 Å². The van der Waals surface area contributed by atoms with Gasteiger partial charge in [0.05, 0.1) is 24.8 Å². The van der Waals surface area contributed by atoms with Crippen LogP contribution in [0.5, 0.6) is 17.2 Å². The second-order valence-corrected chi connectivity index (χ2v) is 9.03.